The fourth-order valence-corrected chi connectivity index (χ4v) is 22.3. The van der Waals surface area contributed by atoms with Crippen molar-refractivity contribution in [2.24, 2.45) is 0 Å². The van der Waals surface area contributed by atoms with E-state index in [9.17, 15) is 0 Å². The fraction of sp³-hybridized carbons (Fsp3) is 0.0240. The number of fused-ring (bicyclic) bond motifs is 16. The molecule has 0 amide bonds. The molecule has 128 heavy (non-hydrogen) atoms. The monoisotopic (exact) mass is 1650 g/mol. The fourth-order valence-electron chi connectivity index (χ4n) is 21.0. The van der Waals surface area contributed by atoms with Gasteiger partial charge in [0.25, 0.3) is 0 Å². The van der Waals surface area contributed by atoms with Crippen molar-refractivity contribution in [3.05, 3.63) is 472 Å². The first-order valence-corrected chi connectivity index (χ1v) is 45.0. The molecule has 1 aliphatic rings. The standard InChI is InChI=1S/C47H32O.C44H28S.C34H22O/c1-47(2)40-22-12-10-16-32(40)33-25-24-30(28-41(33)47)31-26-27-39(45-38-21-11-13-23-42(38)48-46(31)45)44-36-19-8-6-17-34(36)43(29-14-4-3-5-15-29)35-18-7-9-20-37(35)44;1-3-13-29(14-4-1)30-23-25-31(26-24-30)33-27-28-39(43-38-21-11-12-22-40(38)45-44(33)43)42-36-19-9-7-17-34(36)41(32-15-5-2-6-16-32)35-18-8-10-20-37(35)42;1-3-11-23(12-4-1)25-19-20-30(31-21-22-35-34(25)31)33-28-17-9-7-15-26(28)32(24-13-5-2-6-14-24)27-16-8-10-18-29(27)33/h3-28H,1-2H3;1-28H;1-22H. The third-order valence-electron chi connectivity index (χ3n) is 26.7. The summed E-state index contributed by atoms with van der Waals surface area (Å²) in [6.45, 7) is 4.69. The lowest BCUT2D eigenvalue weighted by molar-refractivity contribution is 0.617. The topological polar surface area (TPSA) is 26.3 Å². The average Bonchev–Trinajstić information content (AvgIpc) is 1.35. The first-order chi connectivity index (χ1) is 63.3. The van der Waals surface area contributed by atoms with Gasteiger partial charge in [-0.1, -0.05) is 432 Å². The summed E-state index contributed by atoms with van der Waals surface area (Å²) in [6.07, 6.45) is 1.81. The summed E-state index contributed by atoms with van der Waals surface area (Å²) >= 11 is 1.90. The van der Waals surface area contributed by atoms with E-state index in [1.165, 1.54) is 202 Å². The van der Waals surface area contributed by atoms with Crippen LogP contribution in [0.2, 0.25) is 0 Å². The number of para-hydroxylation sites is 1. The van der Waals surface area contributed by atoms with Crippen molar-refractivity contribution in [1.29, 1.82) is 0 Å². The van der Waals surface area contributed by atoms with Crippen molar-refractivity contribution in [2.75, 3.05) is 0 Å². The van der Waals surface area contributed by atoms with Crippen LogP contribution in [0.1, 0.15) is 25.0 Å². The summed E-state index contributed by atoms with van der Waals surface area (Å²) in [5.41, 5.74) is 32.7. The summed E-state index contributed by atoms with van der Waals surface area (Å²) in [5, 5.41) is 21.2. The molecule has 0 fully saturated rings. The van der Waals surface area contributed by atoms with Crippen LogP contribution in [0, 0.1) is 0 Å². The van der Waals surface area contributed by atoms with E-state index < -0.39 is 0 Å². The lowest BCUT2D eigenvalue weighted by Gasteiger charge is -2.22. The second kappa shape index (κ2) is 31.3. The first-order valence-electron chi connectivity index (χ1n) is 44.2. The number of rotatable bonds is 10. The number of furan rings is 2. The molecule has 1 aliphatic carbocycles. The largest absolute Gasteiger partial charge is 0.464 e. The van der Waals surface area contributed by atoms with Crippen molar-refractivity contribution >= 4 is 129 Å². The van der Waals surface area contributed by atoms with Crippen LogP contribution >= 0.6 is 11.3 Å². The van der Waals surface area contributed by atoms with E-state index in [0.717, 1.165) is 49.6 Å². The van der Waals surface area contributed by atoms with E-state index in [2.05, 4.69) is 463 Å². The van der Waals surface area contributed by atoms with E-state index in [4.69, 9.17) is 8.83 Å². The minimum absolute atomic E-state index is 0.0762. The number of thiophene rings is 1. The molecule has 0 atom stereocenters. The van der Waals surface area contributed by atoms with Gasteiger partial charge in [0.2, 0.25) is 0 Å². The Morgan fingerprint density at radius 2 is 0.516 bits per heavy atom. The molecule has 0 radical (unpaired) electrons. The van der Waals surface area contributed by atoms with Crippen LogP contribution in [0.3, 0.4) is 0 Å². The van der Waals surface area contributed by atoms with Crippen LogP contribution in [-0.2, 0) is 5.41 Å². The maximum absolute atomic E-state index is 6.85. The highest BCUT2D eigenvalue weighted by Gasteiger charge is 2.36. The molecule has 600 valence electrons. The molecule has 0 unspecified atom stereocenters. The smallest absolute Gasteiger partial charge is 0.143 e. The zero-order chi connectivity index (χ0) is 84.9. The summed E-state index contributed by atoms with van der Waals surface area (Å²) < 4.78 is 15.6. The first kappa shape index (κ1) is 75.7. The molecule has 3 aromatic heterocycles. The molecule has 2 nitrogen and oxygen atoms in total. The number of hydrogen-bond donors (Lipinski definition) is 0. The van der Waals surface area contributed by atoms with Gasteiger partial charge in [-0.2, -0.15) is 0 Å². The van der Waals surface area contributed by atoms with Gasteiger partial charge >= 0.3 is 0 Å². The summed E-state index contributed by atoms with van der Waals surface area (Å²) in [7, 11) is 0. The van der Waals surface area contributed by atoms with Gasteiger partial charge in [0.05, 0.1) is 6.26 Å². The normalized spacial score (nSPS) is 12.2. The quantitative estimate of drug-likeness (QED) is 0.128. The van der Waals surface area contributed by atoms with E-state index in [1.54, 1.807) is 0 Å². The van der Waals surface area contributed by atoms with Gasteiger partial charge in [0, 0.05) is 52.9 Å². The third kappa shape index (κ3) is 12.5. The molecule has 0 bridgehead atoms. The summed E-state index contributed by atoms with van der Waals surface area (Å²) in [6, 6.07) is 165. The Bertz CT molecular complexity index is 8500. The van der Waals surface area contributed by atoms with E-state index in [-0.39, 0.29) is 5.41 Å². The highest BCUT2D eigenvalue weighted by atomic mass is 32.1. The molecule has 0 N–H and O–H groups in total. The predicted molar refractivity (Wildman–Crippen MR) is 546 cm³/mol. The van der Waals surface area contributed by atoms with Crippen LogP contribution in [0.4, 0.5) is 0 Å². The Kier molecular flexibility index (Phi) is 18.5. The van der Waals surface area contributed by atoms with Crippen LogP contribution in [0.15, 0.2) is 470 Å². The maximum atomic E-state index is 6.85. The highest BCUT2D eigenvalue weighted by Crippen LogP contribution is 2.56. The molecule has 22 aromatic carbocycles. The van der Waals surface area contributed by atoms with Gasteiger partial charge in [-0.05, 0) is 223 Å². The molecule has 25 aromatic rings. The number of hydrogen-bond acceptors (Lipinski definition) is 3. The van der Waals surface area contributed by atoms with Crippen molar-refractivity contribution in [3.8, 4) is 122 Å². The highest BCUT2D eigenvalue weighted by molar-refractivity contribution is 7.26. The lowest BCUT2D eigenvalue weighted by Crippen LogP contribution is -2.14. The van der Waals surface area contributed by atoms with Gasteiger partial charge in [-0.3, -0.25) is 0 Å². The Hall–Kier alpha value is -16.0. The van der Waals surface area contributed by atoms with E-state index in [1.807, 2.05) is 23.7 Å². The van der Waals surface area contributed by atoms with Crippen molar-refractivity contribution < 1.29 is 8.83 Å². The molecule has 0 saturated carbocycles. The van der Waals surface area contributed by atoms with Crippen molar-refractivity contribution in [1.82, 2.24) is 0 Å². The van der Waals surface area contributed by atoms with Crippen LogP contribution < -0.4 is 0 Å². The van der Waals surface area contributed by atoms with E-state index >= 15 is 0 Å². The van der Waals surface area contributed by atoms with Crippen molar-refractivity contribution in [2.45, 2.75) is 19.3 Å². The maximum Gasteiger partial charge on any atom is 0.143 e. The second-order valence-corrected chi connectivity index (χ2v) is 35.2. The average molecular weight is 1650 g/mol. The zero-order valence-corrected chi connectivity index (χ0v) is 71.4. The number of benzene rings is 22. The van der Waals surface area contributed by atoms with Gasteiger partial charge in [0.1, 0.15) is 16.7 Å². The molecule has 26 rings (SSSR count). The van der Waals surface area contributed by atoms with Crippen LogP contribution in [-0.4, -0.2) is 0 Å². The van der Waals surface area contributed by atoms with E-state index in [0.29, 0.717) is 0 Å². The Balaban J connectivity index is 0.000000108. The SMILES string of the molecule is CC1(C)c2ccccc2-c2ccc(-c3ccc(-c4c5ccccc5c(-c5ccccc5)c5ccccc45)c4c3oc3ccccc34)cc21.c1ccc(-c2c3ccccc3c(-c3ccc(-c4ccccc4)c4occc34)c3ccccc23)cc1.c1ccc(-c2ccc(-c3ccc(-c4c5ccccc5c(-c5ccccc5)c5ccccc45)c4c3sc3ccccc34)cc2)cc1. The zero-order valence-electron chi connectivity index (χ0n) is 70.6. The molecule has 3 heterocycles. The Morgan fingerprint density at radius 3 is 1.01 bits per heavy atom. The molecular formula is C125H82O2S. The van der Waals surface area contributed by atoms with Crippen LogP contribution in [0.5, 0.6) is 0 Å². The second-order valence-electron chi connectivity index (χ2n) is 34.1. The van der Waals surface area contributed by atoms with Crippen LogP contribution in [0.25, 0.3) is 240 Å². The van der Waals surface area contributed by atoms with Gasteiger partial charge < -0.3 is 8.83 Å². The molecule has 3 heteroatoms. The minimum Gasteiger partial charge on any atom is -0.464 e. The van der Waals surface area contributed by atoms with Gasteiger partial charge in [-0.25, -0.2) is 0 Å². The minimum atomic E-state index is -0.0762. The van der Waals surface area contributed by atoms with Crippen molar-refractivity contribution in [3.63, 3.8) is 0 Å². The van der Waals surface area contributed by atoms with Gasteiger partial charge in [0.15, 0.2) is 0 Å². The molecule has 0 saturated heterocycles. The summed E-state index contributed by atoms with van der Waals surface area (Å²) in [5.74, 6) is 0. The predicted octanol–water partition coefficient (Wildman–Crippen LogP) is 36.0. The Morgan fingerprint density at radius 1 is 0.195 bits per heavy atom. The summed E-state index contributed by atoms with van der Waals surface area (Å²) in [4.78, 5) is 0. The molecule has 0 spiro atoms. The lowest BCUT2D eigenvalue weighted by atomic mass is 9.81. The third-order valence-corrected chi connectivity index (χ3v) is 27.9. The molecule has 0 aliphatic heterocycles. The van der Waals surface area contributed by atoms with Gasteiger partial charge in [-0.15, -0.1) is 11.3 Å². The molecular weight excluding hydrogens is 1570 g/mol. The Labute approximate surface area is 746 Å².